The minimum absolute atomic E-state index is 0.0600. The Balaban J connectivity index is 1.56. The fourth-order valence-corrected chi connectivity index (χ4v) is 2.77. The molecule has 1 amide bonds. The van der Waals surface area contributed by atoms with Gasteiger partial charge in [-0.25, -0.2) is 4.79 Å². The molecule has 0 bridgehead atoms. The molecule has 0 aliphatic heterocycles. The zero-order chi connectivity index (χ0) is 22.2. The van der Waals surface area contributed by atoms with E-state index in [4.69, 9.17) is 9.47 Å². The highest BCUT2D eigenvalue weighted by molar-refractivity contribution is 5.98. The molecule has 0 spiro atoms. The van der Waals surface area contributed by atoms with Crippen molar-refractivity contribution in [3.05, 3.63) is 95.6 Å². The van der Waals surface area contributed by atoms with Crippen molar-refractivity contribution in [2.75, 3.05) is 5.32 Å². The number of carbonyl (C=O) groups excluding carboxylic acids is 3. The van der Waals surface area contributed by atoms with Gasteiger partial charge in [0.1, 0.15) is 12.4 Å². The maximum absolute atomic E-state index is 12.5. The topological polar surface area (TPSA) is 81.7 Å². The monoisotopic (exact) mass is 417 g/mol. The number of anilines is 1. The largest absolute Gasteiger partial charge is 0.489 e. The Kier molecular flexibility index (Phi) is 7.17. The first kappa shape index (κ1) is 21.8. The predicted molar refractivity (Wildman–Crippen MR) is 117 cm³/mol. The van der Waals surface area contributed by atoms with Gasteiger partial charge in [0.25, 0.3) is 5.91 Å². The molecule has 0 saturated carbocycles. The number of nitrogens with one attached hydrogen (secondary N) is 1. The Morgan fingerprint density at radius 1 is 0.871 bits per heavy atom. The average molecular weight is 417 g/mol. The van der Waals surface area contributed by atoms with Gasteiger partial charge in [-0.15, -0.1) is 0 Å². The second-order valence-corrected chi connectivity index (χ2v) is 6.97. The maximum Gasteiger partial charge on any atom is 0.339 e. The summed E-state index contributed by atoms with van der Waals surface area (Å²) in [6.07, 6.45) is -1.01. The number of ether oxygens (including phenoxy) is 2. The van der Waals surface area contributed by atoms with Crippen LogP contribution in [0.2, 0.25) is 0 Å². The molecule has 3 rings (SSSR count). The second-order valence-electron chi connectivity index (χ2n) is 6.97. The SMILES string of the molecule is CC(=O)c1ccc(NC(=O)[C@@H](C)OC(=O)c2cccc(OCc3ccccc3)c2)cc1. The first-order valence-electron chi connectivity index (χ1n) is 9.82. The van der Waals surface area contributed by atoms with Gasteiger partial charge in [0.05, 0.1) is 5.56 Å². The number of ketones is 1. The van der Waals surface area contributed by atoms with Crippen molar-refractivity contribution in [2.45, 2.75) is 26.6 Å². The first-order valence-corrected chi connectivity index (χ1v) is 9.82. The third kappa shape index (κ3) is 6.27. The summed E-state index contributed by atoms with van der Waals surface area (Å²) in [7, 11) is 0. The van der Waals surface area contributed by atoms with Gasteiger partial charge in [-0.3, -0.25) is 9.59 Å². The molecule has 0 aliphatic rings. The molecular formula is C25H23NO5. The number of esters is 1. The van der Waals surface area contributed by atoms with Crippen molar-refractivity contribution in [3.63, 3.8) is 0 Å². The Labute approximate surface area is 180 Å². The number of hydrogen-bond donors (Lipinski definition) is 1. The average Bonchev–Trinajstić information content (AvgIpc) is 2.79. The van der Waals surface area contributed by atoms with Gasteiger partial charge < -0.3 is 14.8 Å². The van der Waals surface area contributed by atoms with E-state index in [1.54, 1.807) is 48.5 Å². The van der Waals surface area contributed by atoms with Crippen molar-refractivity contribution >= 4 is 23.3 Å². The molecular weight excluding hydrogens is 394 g/mol. The lowest BCUT2D eigenvalue weighted by Gasteiger charge is -2.14. The van der Waals surface area contributed by atoms with Gasteiger partial charge >= 0.3 is 5.97 Å². The summed E-state index contributed by atoms with van der Waals surface area (Å²) in [5, 5.41) is 2.66. The summed E-state index contributed by atoms with van der Waals surface area (Å²) < 4.78 is 11.0. The van der Waals surface area contributed by atoms with Crippen LogP contribution < -0.4 is 10.1 Å². The predicted octanol–water partition coefficient (Wildman–Crippen LogP) is 4.65. The summed E-state index contributed by atoms with van der Waals surface area (Å²) in [6, 6.07) is 22.8. The highest BCUT2D eigenvalue weighted by atomic mass is 16.5. The van der Waals surface area contributed by atoms with E-state index in [9.17, 15) is 14.4 Å². The molecule has 1 N–H and O–H groups in total. The normalized spacial score (nSPS) is 11.3. The molecule has 158 valence electrons. The minimum atomic E-state index is -1.01. The third-order valence-corrected chi connectivity index (χ3v) is 4.53. The van der Waals surface area contributed by atoms with Gasteiger partial charge in [-0.05, 0) is 61.9 Å². The molecule has 3 aromatic rings. The van der Waals surface area contributed by atoms with Crippen molar-refractivity contribution in [1.82, 2.24) is 0 Å². The number of hydrogen-bond acceptors (Lipinski definition) is 5. The number of amides is 1. The summed E-state index contributed by atoms with van der Waals surface area (Å²) >= 11 is 0. The Bertz CT molecular complexity index is 1060. The van der Waals surface area contributed by atoms with E-state index in [0.717, 1.165) is 5.56 Å². The molecule has 0 saturated heterocycles. The van der Waals surface area contributed by atoms with E-state index < -0.39 is 18.0 Å². The van der Waals surface area contributed by atoms with Crippen LogP contribution in [0.1, 0.15) is 40.1 Å². The molecule has 3 aromatic carbocycles. The van der Waals surface area contributed by atoms with E-state index in [-0.39, 0.29) is 11.3 Å². The lowest BCUT2D eigenvalue weighted by atomic mass is 10.1. The van der Waals surface area contributed by atoms with Gasteiger partial charge in [-0.2, -0.15) is 0 Å². The van der Waals surface area contributed by atoms with Crippen LogP contribution in [-0.2, 0) is 16.1 Å². The van der Waals surface area contributed by atoms with Gasteiger partial charge in [-0.1, -0.05) is 36.4 Å². The quantitative estimate of drug-likeness (QED) is 0.426. The molecule has 0 unspecified atom stereocenters. The van der Waals surface area contributed by atoms with Crippen LogP contribution >= 0.6 is 0 Å². The lowest BCUT2D eigenvalue weighted by molar-refractivity contribution is -0.123. The minimum Gasteiger partial charge on any atom is -0.489 e. The molecule has 0 aromatic heterocycles. The third-order valence-electron chi connectivity index (χ3n) is 4.53. The lowest BCUT2D eigenvalue weighted by Crippen LogP contribution is -2.30. The van der Waals surface area contributed by atoms with Crippen LogP contribution in [0.3, 0.4) is 0 Å². The fraction of sp³-hybridized carbons (Fsp3) is 0.160. The number of carbonyl (C=O) groups is 3. The van der Waals surface area contributed by atoms with Gasteiger partial charge in [0, 0.05) is 11.3 Å². The van der Waals surface area contributed by atoms with Crippen LogP contribution in [0.4, 0.5) is 5.69 Å². The van der Waals surface area contributed by atoms with Gasteiger partial charge in [0.2, 0.25) is 0 Å². The smallest absolute Gasteiger partial charge is 0.339 e. The van der Waals surface area contributed by atoms with Crippen LogP contribution in [0.25, 0.3) is 0 Å². The molecule has 0 heterocycles. The molecule has 6 nitrogen and oxygen atoms in total. The zero-order valence-electron chi connectivity index (χ0n) is 17.3. The van der Waals surface area contributed by atoms with E-state index >= 15 is 0 Å². The highest BCUT2D eigenvalue weighted by Gasteiger charge is 2.19. The Morgan fingerprint density at radius 2 is 1.58 bits per heavy atom. The first-order chi connectivity index (χ1) is 14.9. The van der Waals surface area contributed by atoms with E-state index in [2.05, 4.69) is 5.32 Å². The Morgan fingerprint density at radius 3 is 2.26 bits per heavy atom. The highest BCUT2D eigenvalue weighted by Crippen LogP contribution is 2.17. The summed E-state index contributed by atoms with van der Waals surface area (Å²) in [4.78, 5) is 36.1. The molecule has 0 radical (unpaired) electrons. The maximum atomic E-state index is 12.5. The number of rotatable bonds is 8. The van der Waals surface area contributed by atoms with Crippen LogP contribution in [0.5, 0.6) is 5.75 Å². The second kappa shape index (κ2) is 10.2. The summed E-state index contributed by atoms with van der Waals surface area (Å²) in [5.41, 5.74) is 2.36. The molecule has 31 heavy (non-hydrogen) atoms. The molecule has 0 aliphatic carbocycles. The van der Waals surface area contributed by atoms with Crippen LogP contribution in [0, 0.1) is 0 Å². The summed E-state index contributed by atoms with van der Waals surface area (Å²) in [6.45, 7) is 3.34. The molecule has 0 fully saturated rings. The summed E-state index contributed by atoms with van der Waals surface area (Å²) in [5.74, 6) is -0.628. The molecule has 1 atom stereocenters. The number of Topliss-reactive ketones (excluding diaryl/α,β-unsaturated/α-hetero) is 1. The van der Waals surface area contributed by atoms with Crippen molar-refractivity contribution in [1.29, 1.82) is 0 Å². The van der Waals surface area contributed by atoms with Crippen molar-refractivity contribution < 1.29 is 23.9 Å². The van der Waals surface area contributed by atoms with Crippen molar-refractivity contribution in [2.24, 2.45) is 0 Å². The van der Waals surface area contributed by atoms with Crippen LogP contribution in [-0.4, -0.2) is 23.8 Å². The van der Waals surface area contributed by atoms with Crippen LogP contribution in [0.15, 0.2) is 78.9 Å². The van der Waals surface area contributed by atoms with E-state index in [0.29, 0.717) is 23.6 Å². The fourth-order valence-electron chi connectivity index (χ4n) is 2.77. The van der Waals surface area contributed by atoms with E-state index in [1.807, 2.05) is 30.3 Å². The van der Waals surface area contributed by atoms with E-state index in [1.165, 1.54) is 13.8 Å². The van der Waals surface area contributed by atoms with Crippen molar-refractivity contribution in [3.8, 4) is 5.75 Å². The molecule has 6 heteroatoms. The van der Waals surface area contributed by atoms with Gasteiger partial charge in [0.15, 0.2) is 11.9 Å². The number of benzene rings is 3. The standard InChI is InChI=1S/C25H23NO5/c1-17(27)20-11-13-22(14-12-20)26-24(28)18(2)31-25(29)21-9-6-10-23(15-21)30-16-19-7-4-3-5-8-19/h3-15,18H,16H2,1-2H3,(H,26,28)/t18-/m1/s1. The zero-order valence-corrected chi connectivity index (χ0v) is 17.3. The Hall–Kier alpha value is -3.93.